The van der Waals surface area contributed by atoms with Crippen molar-refractivity contribution in [1.82, 2.24) is 5.32 Å². The highest BCUT2D eigenvalue weighted by Gasteiger charge is 2.55. The molecule has 57 heavy (non-hydrogen) atoms. The fourth-order valence-electron chi connectivity index (χ4n) is 8.68. The summed E-state index contributed by atoms with van der Waals surface area (Å²) in [4.78, 5) is 14.0. The molecular formula is C43H61N3O8P2S. The summed E-state index contributed by atoms with van der Waals surface area (Å²) < 4.78 is 56.1. The van der Waals surface area contributed by atoms with Crippen LogP contribution < -0.4 is 20.7 Å². The van der Waals surface area contributed by atoms with Crippen LogP contribution in [0.3, 0.4) is 0 Å². The van der Waals surface area contributed by atoms with E-state index in [0.717, 1.165) is 37.8 Å². The van der Waals surface area contributed by atoms with Gasteiger partial charge in [-0.25, -0.2) is 0 Å². The van der Waals surface area contributed by atoms with Crippen LogP contribution in [0.2, 0.25) is 0 Å². The van der Waals surface area contributed by atoms with E-state index in [9.17, 15) is 13.9 Å². The number of fused-ring (bicyclic) bond motifs is 3. The number of anilines is 2. The third-order valence-electron chi connectivity index (χ3n) is 11.4. The number of carbonyl (C=O) groups is 1. The Morgan fingerprint density at radius 3 is 1.88 bits per heavy atom. The van der Waals surface area contributed by atoms with Crippen LogP contribution in [0, 0.1) is 11.3 Å². The molecular weight excluding hydrogens is 781 g/mol. The highest BCUT2D eigenvalue weighted by Crippen LogP contribution is 2.70. The maximum absolute atomic E-state index is 14.0. The minimum Gasteiger partial charge on any atom is -0.457 e. The number of nitrogens with one attached hydrogen (secondary N) is 3. The van der Waals surface area contributed by atoms with Crippen molar-refractivity contribution in [2.24, 2.45) is 11.3 Å². The minimum atomic E-state index is -3.89. The number of aryl methyl sites for hydroxylation is 1. The van der Waals surface area contributed by atoms with Crippen molar-refractivity contribution in [2.45, 2.75) is 104 Å². The SMILES string of the molecule is CCOP(=O)(OCC)C(CNc1ccc(Oc2ccc(NC(=S)NC(=O)[C@]3(C)CCC[C@]4(C)c5ccc(C(C)C)cc5CC[C@@H]34)cc2)cc1)P(=O)(OCC)OCC. The molecule has 1 saturated carbocycles. The molecule has 5 rings (SSSR count). The molecule has 3 atom stereocenters. The maximum atomic E-state index is 14.0. The second kappa shape index (κ2) is 19.3. The number of rotatable bonds is 18. The summed E-state index contributed by atoms with van der Waals surface area (Å²) in [6.07, 6.45) is 4.87. The van der Waals surface area contributed by atoms with Gasteiger partial charge in [-0.1, -0.05) is 52.3 Å². The number of ether oxygens (including phenoxy) is 1. The molecule has 3 aromatic rings. The zero-order chi connectivity index (χ0) is 41.4. The fourth-order valence-corrected chi connectivity index (χ4v) is 14.0. The summed E-state index contributed by atoms with van der Waals surface area (Å²) in [5.41, 5.74) is 5.01. The van der Waals surface area contributed by atoms with Crippen LogP contribution in [0.5, 0.6) is 11.5 Å². The Balaban J connectivity index is 1.18. The third kappa shape index (κ3) is 10.2. The number of hydrogen-bond donors (Lipinski definition) is 3. The molecule has 3 N–H and O–H groups in total. The molecule has 0 aliphatic heterocycles. The molecule has 2 aliphatic rings. The number of thiocarbonyl (C=S) groups is 1. The Morgan fingerprint density at radius 2 is 1.35 bits per heavy atom. The van der Waals surface area contributed by atoms with E-state index in [2.05, 4.69) is 61.8 Å². The van der Waals surface area contributed by atoms with Gasteiger partial charge in [0.1, 0.15) is 11.5 Å². The van der Waals surface area contributed by atoms with E-state index < -0.39 is 26.0 Å². The summed E-state index contributed by atoms with van der Waals surface area (Å²) in [6.45, 7) is 16.1. The normalized spacial score (nSPS) is 20.8. The van der Waals surface area contributed by atoms with Crippen molar-refractivity contribution in [3.05, 3.63) is 83.4 Å². The molecule has 11 nitrogen and oxygen atoms in total. The van der Waals surface area contributed by atoms with Crippen molar-refractivity contribution < 1.29 is 36.8 Å². The van der Waals surface area contributed by atoms with E-state index in [4.69, 9.17) is 35.0 Å². The highest BCUT2D eigenvalue weighted by atomic mass is 32.1. The van der Waals surface area contributed by atoms with Gasteiger partial charge in [0.25, 0.3) is 0 Å². The minimum absolute atomic E-state index is 0.0261. The standard InChI is InChI=1S/C43H61N3O8P2S/c1-9-50-55(48,51-10-2)39(56(49,52-11-3)53-12-4)29-44-33-16-20-35(21-17-33)54-36-22-18-34(19-23-36)45-41(57)46-40(47)43(8)27-13-26-42(7)37-24-14-31(30(5)6)28-32(37)15-25-38(42)43/h14,16-24,28,30,38-39,44H,9-13,15,25-27,29H2,1-8H3,(H2,45,46,47,57)/t38-,42-,43-/m1/s1. The first-order chi connectivity index (χ1) is 27.1. The molecule has 3 aromatic carbocycles. The average molecular weight is 842 g/mol. The lowest BCUT2D eigenvalue weighted by Crippen LogP contribution is -2.56. The maximum Gasteiger partial charge on any atom is 0.347 e. The van der Waals surface area contributed by atoms with Gasteiger partial charge in [0.15, 0.2) is 10.5 Å². The Labute approximate surface area is 344 Å². The Hall–Kier alpha value is -3.08. The fraction of sp³-hybridized carbons (Fsp3) is 0.535. The van der Waals surface area contributed by atoms with Gasteiger partial charge in [-0.15, -0.1) is 0 Å². The molecule has 2 aliphatic carbocycles. The molecule has 0 aromatic heterocycles. The molecule has 312 valence electrons. The van der Waals surface area contributed by atoms with Crippen LogP contribution in [-0.4, -0.2) is 49.4 Å². The second-order valence-corrected chi connectivity index (χ2v) is 20.8. The average Bonchev–Trinajstić information content (AvgIpc) is 3.16. The van der Waals surface area contributed by atoms with Crippen molar-refractivity contribution in [3.63, 3.8) is 0 Å². The van der Waals surface area contributed by atoms with Crippen molar-refractivity contribution in [3.8, 4) is 11.5 Å². The lowest BCUT2D eigenvalue weighted by Gasteiger charge is -2.54. The summed E-state index contributed by atoms with van der Waals surface area (Å²) in [5, 5.41) is 8.50. The van der Waals surface area contributed by atoms with Crippen LogP contribution in [-0.2, 0) is 43.9 Å². The molecule has 1 fully saturated rings. The van der Waals surface area contributed by atoms with Gasteiger partial charge in [-0.3, -0.25) is 13.9 Å². The van der Waals surface area contributed by atoms with Gasteiger partial charge >= 0.3 is 15.2 Å². The van der Waals surface area contributed by atoms with Crippen LogP contribution in [0.25, 0.3) is 0 Å². The Kier molecular flexibility index (Phi) is 15.3. The number of benzene rings is 3. The number of hydrogen-bond acceptors (Lipinski definition) is 10. The quantitative estimate of drug-likeness (QED) is 0.0835. The first-order valence-corrected chi connectivity index (χ1v) is 23.9. The zero-order valence-electron chi connectivity index (χ0n) is 34.7. The zero-order valence-corrected chi connectivity index (χ0v) is 37.3. The molecule has 0 bridgehead atoms. The largest absolute Gasteiger partial charge is 0.457 e. The van der Waals surface area contributed by atoms with E-state index in [-0.39, 0.29) is 55.3 Å². The van der Waals surface area contributed by atoms with E-state index in [0.29, 0.717) is 23.1 Å². The van der Waals surface area contributed by atoms with E-state index >= 15 is 0 Å². The van der Waals surface area contributed by atoms with Gasteiger partial charge in [-0.05, 0) is 148 Å². The summed E-state index contributed by atoms with van der Waals surface area (Å²) in [5.74, 6) is 1.87. The smallest absolute Gasteiger partial charge is 0.347 e. The molecule has 0 unspecified atom stereocenters. The predicted octanol–water partition coefficient (Wildman–Crippen LogP) is 11.4. The lowest BCUT2D eigenvalue weighted by molar-refractivity contribution is -0.137. The van der Waals surface area contributed by atoms with Crippen molar-refractivity contribution in [2.75, 3.05) is 43.6 Å². The molecule has 14 heteroatoms. The Morgan fingerprint density at radius 1 is 0.807 bits per heavy atom. The lowest BCUT2D eigenvalue weighted by atomic mass is 9.49. The van der Waals surface area contributed by atoms with Gasteiger partial charge in [0, 0.05) is 17.9 Å². The summed E-state index contributed by atoms with van der Waals surface area (Å²) in [7, 11) is -7.78. The van der Waals surface area contributed by atoms with Crippen molar-refractivity contribution >= 4 is 49.8 Å². The molecule has 0 spiro atoms. The topological polar surface area (TPSA) is 133 Å². The molecule has 0 saturated heterocycles. The molecule has 0 radical (unpaired) electrons. The van der Waals surface area contributed by atoms with Crippen LogP contribution in [0.1, 0.15) is 104 Å². The van der Waals surface area contributed by atoms with Crippen LogP contribution in [0.15, 0.2) is 66.7 Å². The predicted molar refractivity (Wildman–Crippen MR) is 233 cm³/mol. The first-order valence-electron chi connectivity index (χ1n) is 20.3. The number of carbonyl (C=O) groups excluding carboxylic acids is 1. The van der Waals surface area contributed by atoms with Gasteiger partial charge in [-0.2, -0.15) is 0 Å². The second-order valence-electron chi connectivity index (χ2n) is 15.5. The van der Waals surface area contributed by atoms with E-state index in [1.165, 1.54) is 16.7 Å². The van der Waals surface area contributed by atoms with Crippen LogP contribution >= 0.6 is 27.4 Å². The molecule has 0 heterocycles. The number of amides is 1. The Bertz CT molecular complexity index is 1900. The highest BCUT2D eigenvalue weighted by molar-refractivity contribution is 7.80. The summed E-state index contributed by atoms with van der Waals surface area (Å²) >= 11 is 5.65. The van der Waals surface area contributed by atoms with Gasteiger partial charge < -0.3 is 38.8 Å². The monoisotopic (exact) mass is 841 g/mol. The van der Waals surface area contributed by atoms with E-state index in [1.54, 1.807) is 52.0 Å². The van der Waals surface area contributed by atoms with Gasteiger partial charge in [0.05, 0.1) is 31.8 Å². The van der Waals surface area contributed by atoms with Gasteiger partial charge in [0.2, 0.25) is 5.91 Å². The molecule has 1 amide bonds. The first kappa shape index (κ1) is 45.0. The van der Waals surface area contributed by atoms with E-state index in [1.807, 2.05) is 24.3 Å². The summed E-state index contributed by atoms with van der Waals surface area (Å²) in [6, 6.07) is 21.5. The third-order valence-corrected chi connectivity index (χ3v) is 17.6. The van der Waals surface area contributed by atoms with Crippen molar-refractivity contribution in [1.29, 1.82) is 0 Å². The van der Waals surface area contributed by atoms with Crippen LogP contribution in [0.4, 0.5) is 11.4 Å².